The van der Waals surface area contributed by atoms with Gasteiger partial charge in [0.05, 0.1) is 31.3 Å². The molecule has 14 heteroatoms. The number of unbranched alkanes of at least 4 members (excludes halogenated alkanes) is 14. The van der Waals surface area contributed by atoms with E-state index >= 15 is 0 Å². The zero-order valence-corrected chi connectivity index (χ0v) is 30.8. The van der Waals surface area contributed by atoms with Gasteiger partial charge in [0.2, 0.25) is 5.91 Å². The van der Waals surface area contributed by atoms with Crippen LogP contribution < -0.4 is 5.32 Å². The van der Waals surface area contributed by atoms with Gasteiger partial charge in [0, 0.05) is 0 Å². The Morgan fingerprint density at radius 1 is 0.694 bits per heavy atom. The van der Waals surface area contributed by atoms with Crippen LogP contribution in [0.15, 0.2) is 12.2 Å². The fourth-order valence-corrected chi connectivity index (χ4v) is 6.91. The minimum atomic E-state index is -5.10. The second-order valence-corrected chi connectivity index (χ2v) is 15.0. The molecule has 0 spiro atoms. The van der Waals surface area contributed by atoms with Gasteiger partial charge in [-0.15, -0.1) is 0 Å². The van der Waals surface area contributed by atoms with Crippen LogP contribution in [0.25, 0.3) is 0 Å². The Bertz CT molecular complexity index is 911. The molecule has 0 saturated heterocycles. The minimum absolute atomic E-state index is 0.232. The normalized spacial score (nSPS) is 26.0. The van der Waals surface area contributed by atoms with Gasteiger partial charge in [-0.05, 0) is 38.5 Å². The lowest BCUT2D eigenvalue weighted by atomic mass is 9.85. The molecule has 8 atom stereocenters. The van der Waals surface area contributed by atoms with Crippen molar-refractivity contribution in [1.29, 1.82) is 0 Å². The summed E-state index contributed by atoms with van der Waals surface area (Å²) in [6.07, 6.45) is 8.80. The van der Waals surface area contributed by atoms with E-state index in [1.807, 2.05) is 0 Å². The number of hydrogen-bond acceptors (Lipinski definition) is 11. The molecular weight excluding hydrogens is 657 g/mol. The Hall–Kier alpha value is -0.960. The van der Waals surface area contributed by atoms with Gasteiger partial charge in [0.25, 0.3) is 0 Å². The van der Waals surface area contributed by atoms with Gasteiger partial charge in [-0.3, -0.25) is 13.8 Å². The van der Waals surface area contributed by atoms with Crippen LogP contribution in [0, 0.1) is 0 Å². The highest BCUT2D eigenvalue weighted by molar-refractivity contribution is 7.47. The van der Waals surface area contributed by atoms with Gasteiger partial charge in [-0.25, -0.2) is 4.57 Å². The molecule has 0 heterocycles. The van der Waals surface area contributed by atoms with Crippen LogP contribution in [0.5, 0.6) is 0 Å². The molecule has 0 aliphatic heterocycles. The summed E-state index contributed by atoms with van der Waals surface area (Å²) in [5.41, 5.74) is 0. The smallest absolute Gasteiger partial charge is 0.393 e. The van der Waals surface area contributed by atoms with Crippen LogP contribution in [0.2, 0.25) is 0 Å². The number of carbonyl (C=O) groups excluding carboxylic acids is 1. The topological polar surface area (TPSA) is 226 Å². The number of rotatable bonds is 29. The molecule has 49 heavy (non-hydrogen) atoms. The van der Waals surface area contributed by atoms with Gasteiger partial charge >= 0.3 is 7.82 Å². The van der Waals surface area contributed by atoms with Crippen LogP contribution >= 0.6 is 7.82 Å². The number of carbonyl (C=O) groups is 1. The largest absolute Gasteiger partial charge is 0.472 e. The molecule has 0 aromatic carbocycles. The predicted molar refractivity (Wildman–Crippen MR) is 187 cm³/mol. The SMILES string of the molecule is CCCCC/C=C\CCCCCC(O)CC(=O)NC(COP(=O)(O)OC1C(O)C(O)C(O)C(O)C1O)C(O)CCCCCCCCCCC. The maximum absolute atomic E-state index is 12.8. The van der Waals surface area contributed by atoms with E-state index in [1.165, 1.54) is 44.9 Å². The van der Waals surface area contributed by atoms with E-state index in [-0.39, 0.29) is 12.8 Å². The Kier molecular flexibility index (Phi) is 25.2. The van der Waals surface area contributed by atoms with E-state index in [2.05, 4.69) is 31.3 Å². The van der Waals surface area contributed by atoms with Crippen LogP contribution in [0.4, 0.5) is 0 Å². The minimum Gasteiger partial charge on any atom is -0.393 e. The van der Waals surface area contributed by atoms with E-state index in [4.69, 9.17) is 9.05 Å². The molecule has 1 aliphatic rings. The molecule has 1 rings (SSSR count). The summed E-state index contributed by atoms with van der Waals surface area (Å²) < 4.78 is 22.7. The maximum Gasteiger partial charge on any atom is 0.472 e. The van der Waals surface area contributed by atoms with E-state index in [0.29, 0.717) is 12.8 Å². The van der Waals surface area contributed by atoms with Crippen molar-refractivity contribution >= 4 is 13.7 Å². The molecular formula is C35H68NO12P. The number of allylic oxidation sites excluding steroid dienone is 2. The first-order valence-electron chi connectivity index (χ1n) is 18.7. The summed E-state index contributed by atoms with van der Waals surface area (Å²) in [5.74, 6) is -0.575. The first-order chi connectivity index (χ1) is 23.3. The molecule has 0 aromatic rings. The van der Waals surface area contributed by atoms with E-state index < -0.39 is 75.2 Å². The monoisotopic (exact) mass is 725 g/mol. The molecule has 8 unspecified atom stereocenters. The van der Waals surface area contributed by atoms with Crippen molar-refractivity contribution in [3.63, 3.8) is 0 Å². The lowest BCUT2D eigenvalue weighted by Gasteiger charge is -2.41. The van der Waals surface area contributed by atoms with Gasteiger partial charge < -0.3 is 46.0 Å². The summed E-state index contributed by atoms with van der Waals surface area (Å²) in [6.45, 7) is 3.66. The Morgan fingerprint density at radius 2 is 1.14 bits per heavy atom. The number of phosphoric acid groups is 1. The van der Waals surface area contributed by atoms with Crippen molar-refractivity contribution in [2.45, 2.75) is 197 Å². The van der Waals surface area contributed by atoms with Crippen molar-refractivity contribution in [3.8, 4) is 0 Å². The molecule has 0 aromatic heterocycles. The lowest BCUT2D eigenvalue weighted by molar-refractivity contribution is -0.220. The van der Waals surface area contributed by atoms with Gasteiger partial charge in [-0.1, -0.05) is 109 Å². The summed E-state index contributed by atoms with van der Waals surface area (Å²) in [5, 5.41) is 73.9. The summed E-state index contributed by atoms with van der Waals surface area (Å²) in [6, 6.07) is -1.15. The van der Waals surface area contributed by atoms with Crippen molar-refractivity contribution in [1.82, 2.24) is 5.32 Å². The Balaban J connectivity index is 2.66. The van der Waals surface area contributed by atoms with Crippen molar-refractivity contribution in [2.24, 2.45) is 0 Å². The molecule has 290 valence electrons. The van der Waals surface area contributed by atoms with E-state index in [1.54, 1.807) is 0 Å². The van der Waals surface area contributed by atoms with Gasteiger partial charge in [0.15, 0.2) is 0 Å². The number of hydrogen-bond donors (Lipinski definition) is 9. The second-order valence-electron chi connectivity index (χ2n) is 13.6. The highest BCUT2D eigenvalue weighted by atomic mass is 31.2. The van der Waals surface area contributed by atoms with Crippen LogP contribution in [-0.4, -0.2) is 108 Å². The Morgan fingerprint density at radius 3 is 1.71 bits per heavy atom. The number of aliphatic hydroxyl groups excluding tert-OH is 7. The standard InChI is InChI=1S/C35H68NO12P/c1-3-5-7-9-11-13-15-16-18-20-22-26(37)24-29(39)36-27(28(38)23-21-19-17-14-12-10-8-6-4-2)25-47-49(45,46)48-35-33(43)31(41)30(40)32(42)34(35)44/h11,13,26-28,30-35,37-38,40-44H,3-10,12,14-25H2,1-2H3,(H,36,39)(H,45,46)/b13-11-. The number of amides is 1. The summed E-state index contributed by atoms with van der Waals surface area (Å²) in [4.78, 5) is 23.2. The molecule has 0 radical (unpaired) electrons. The quantitative estimate of drug-likeness (QED) is 0.0304. The third-order valence-electron chi connectivity index (χ3n) is 9.13. The fraction of sp³-hybridized carbons (Fsp3) is 0.914. The Labute approximate surface area is 293 Å². The van der Waals surface area contributed by atoms with Crippen molar-refractivity contribution < 1.29 is 59.0 Å². The summed E-state index contributed by atoms with van der Waals surface area (Å²) >= 11 is 0. The zero-order valence-electron chi connectivity index (χ0n) is 29.9. The van der Waals surface area contributed by atoms with Crippen LogP contribution in [-0.2, 0) is 18.4 Å². The average molecular weight is 726 g/mol. The van der Waals surface area contributed by atoms with E-state index in [9.17, 15) is 50.0 Å². The van der Waals surface area contributed by atoms with Crippen LogP contribution in [0.1, 0.15) is 142 Å². The fourth-order valence-electron chi connectivity index (χ4n) is 5.94. The zero-order chi connectivity index (χ0) is 36.7. The van der Waals surface area contributed by atoms with Crippen LogP contribution in [0.3, 0.4) is 0 Å². The molecule has 9 N–H and O–H groups in total. The highest BCUT2D eigenvalue weighted by Crippen LogP contribution is 2.47. The number of aliphatic hydroxyl groups is 7. The van der Waals surface area contributed by atoms with Crippen molar-refractivity contribution in [3.05, 3.63) is 12.2 Å². The summed E-state index contributed by atoms with van der Waals surface area (Å²) in [7, 11) is -5.10. The first kappa shape index (κ1) is 46.1. The lowest BCUT2D eigenvalue weighted by Crippen LogP contribution is -2.64. The third kappa shape index (κ3) is 20.0. The van der Waals surface area contributed by atoms with E-state index in [0.717, 1.165) is 57.8 Å². The van der Waals surface area contributed by atoms with Gasteiger partial charge in [0.1, 0.15) is 36.6 Å². The second kappa shape index (κ2) is 26.8. The highest BCUT2D eigenvalue weighted by Gasteiger charge is 2.51. The predicted octanol–water partition coefficient (Wildman–Crippen LogP) is 3.91. The molecule has 1 fully saturated rings. The molecule has 1 saturated carbocycles. The first-order valence-corrected chi connectivity index (χ1v) is 20.2. The number of phosphoric ester groups is 1. The van der Waals surface area contributed by atoms with Gasteiger partial charge in [-0.2, -0.15) is 0 Å². The maximum atomic E-state index is 12.8. The third-order valence-corrected chi connectivity index (χ3v) is 10.1. The van der Waals surface area contributed by atoms with Crippen molar-refractivity contribution in [2.75, 3.05) is 6.61 Å². The number of nitrogens with one attached hydrogen (secondary N) is 1. The molecule has 0 bridgehead atoms. The average Bonchev–Trinajstić information content (AvgIpc) is 3.06. The molecule has 1 aliphatic carbocycles. The molecule has 1 amide bonds. The molecule has 13 nitrogen and oxygen atoms in total.